The fourth-order valence-corrected chi connectivity index (χ4v) is 3.80. The van der Waals surface area contributed by atoms with Crippen molar-refractivity contribution in [1.29, 1.82) is 0 Å². The summed E-state index contributed by atoms with van der Waals surface area (Å²) in [4.78, 5) is 16.9. The van der Waals surface area contributed by atoms with E-state index in [4.69, 9.17) is 27.9 Å². The number of anilines is 1. The molecular weight excluding hydrogens is 379 g/mol. The maximum Gasteiger partial charge on any atom is 0.266 e. The summed E-state index contributed by atoms with van der Waals surface area (Å²) in [5.41, 5.74) is 3.13. The standard InChI is InChI=1S/C18H16Cl2N2O2S/c1-9-4-5-10(2)16-15(9)21-18(25-16)22-17(23)11(3)24-14-7-6-12(19)8-13(14)20/h4-8,11H,1-3H3,(H,21,22,23)/t11-/m1/s1. The fraction of sp³-hybridized carbons (Fsp3) is 0.222. The van der Waals surface area contributed by atoms with E-state index in [1.54, 1.807) is 25.1 Å². The smallest absolute Gasteiger partial charge is 0.266 e. The monoisotopic (exact) mass is 394 g/mol. The molecule has 25 heavy (non-hydrogen) atoms. The number of benzene rings is 2. The number of nitrogens with zero attached hydrogens (tertiary/aromatic N) is 1. The molecule has 1 amide bonds. The van der Waals surface area contributed by atoms with Gasteiger partial charge in [0.05, 0.1) is 15.2 Å². The summed E-state index contributed by atoms with van der Waals surface area (Å²) in [7, 11) is 0. The SMILES string of the molecule is Cc1ccc(C)c2sc(NC(=O)[C@@H](C)Oc3ccc(Cl)cc3Cl)nc12. The molecule has 2 aromatic carbocycles. The molecule has 0 fully saturated rings. The average Bonchev–Trinajstić information content (AvgIpc) is 2.98. The molecule has 1 heterocycles. The second-order valence-electron chi connectivity index (χ2n) is 5.72. The highest BCUT2D eigenvalue weighted by Gasteiger charge is 2.18. The number of nitrogens with one attached hydrogen (secondary N) is 1. The van der Waals surface area contributed by atoms with E-state index in [-0.39, 0.29) is 5.91 Å². The molecule has 130 valence electrons. The van der Waals surface area contributed by atoms with E-state index in [9.17, 15) is 4.79 Å². The maximum absolute atomic E-state index is 12.4. The third kappa shape index (κ3) is 3.89. The van der Waals surface area contributed by atoms with Crippen molar-refractivity contribution < 1.29 is 9.53 Å². The van der Waals surface area contributed by atoms with E-state index in [1.807, 2.05) is 19.9 Å². The first-order chi connectivity index (χ1) is 11.8. The van der Waals surface area contributed by atoms with Crippen molar-refractivity contribution in [2.24, 2.45) is 0 Å². The summed E-state index contributed by atoms with van der Waals surface area (Å²) in [5.74, 6) is 0.116. The van der Waals surface area contributed by atoms with Crippen LogP contribution in [0.4, 0.5) is 5.13 Å². The normalized spacial score (nSPS) is 12.2. The highest BCUT2D eigenvalue weighted by molar-refractivity contribution is 7.22. The fourth-order valence-electron chi connectivity index (χ4n) is 2.33. The zero-order valence-electron chi connectivity index (χ0n) is 13.9. The largest absolute Gasteiger partial charge is 0.479 e. The number of rotatable bonds is 4. The van der Waals surface area contributed by atoms with Crippen molar-refractivity contribution in [1.82, 2.24) is 4.98 Å². The molecule has 0 radical (unpaired) electrons. The highest BCUT2D eigenvalue weighted by atomic mass is 35.5. The van der Waals surface area contributed by atoms with E-state index < -0.39 is 6.10 Å². The van der Waals surface area contributed by atoms with Gasteiger partial charge >= 0.3 is 0 Å². The number of ether oxygens (including phenoxy) is 1. The minimum atomic E-state index is -0.729. The number of carbonyl (C=O) groups is 1. The predicted molar refractivity (Wildman–Crippen MR) is 104 cm³/mol. The molecule has 1 atom stereocenters. The molecular formula is C18H16Cl2N2O2S. The van der Waals surface area contributed by atoms with E-state index in [2.05, 4.69) is 16.4 Å². The Kier molecular flexibility index (Phi) is 5.18. The Balaban J connectivity index is 1.75. The quantitative estimate of drug-likeness (QED) is 0.623. The summed E-state index contributed by atoms with van der Waals surface area (Å²) in [6.07, 6.45) is -0.729. The Morgan fingerprint density at radius 3 is 2.60 bits per heavy atom. The number of aryl methyl sites for hydroxylation is 2. The van der Waals surface area contributed by atoms with Gasteiger partial charge in [-0.05, 0) is 50.1 Å². The molecule has 0 saturated heterocycles. The number of halogens is 2. The van der Waals surface area contributed by atoms with Crippen molar-refractivity contribution in [3.63, 3.8) is 0 Å². The highest BCUT2D eigenvalue weighted by Crippen LogP contribution is 2.31. The molecule has 0 aliphatic carbocycles. The summed E-state index contributed by atoms with van der Waals surface area (Å²) < 4.78 is 6.70. The summed E-state index contributed by atoms with van der Waals surface area (Å²) in [6.45, 7) is 5.69. The molecule has 3 aromatic rings. The van der Waals surface area contributed by atoms with Gasteiger partial charge in [-0.1, -0.05) is 46.7 Å². The summed E-state index contributed by atoms with van der Waals surface area (Å²) in [6, 6.07) is 8.94. The van der Waals surface area contributed by atoms with Crippen LogP contribution in [-0.2, 0) is 4.79 Å². The van der Waals surface area contributed by atoms with Crippen molar-refractivity contribution in [2.75, 3.05) is 5.32 Å². The number of aromatic nitrogens is 1. The first-order valence-corrected chi connectivity index (χ1v) is 9.21. The second-order valence-corrected chi connectivity index (χ2v) is 7.56. The molecule has 0 aliphatic rings. The molecule has 1 aromatic heterocycles. The van der Waals surface area contributed by atoms with Crippen LogP contribution in [0.2, 0.25) is 10.0 Å². The first-order valence-electron chi connectivity index (χ1n) is 7.64. The minimum absolute atomic E-state index is 0.291. The molecule has 4 nitrogen and oxygen atoms in total. The zero-order chi connectivity index (χ0) is 18.1. The summed E-state index contributed by atoms with van der Waals surface area (Å²) >= 11 is 13.4. The van der Waals surface area contributed by atoms with Crippen LogP contribution in [-0.4, -0.2) is 17.0 Å². The van der Waals surface area contributed by atoms with Crippen LogP contribution >= 0.6 is 34.5 Å². The molecule has 7 heteroatoms. The molecule has 0 bridgehead atoms. The third-order valence-corrected chi connectivity index (χ3v) is 5.38. The van der Waals surface area contributed by atoms with Gasteiger partial charge in [-0.3, -0.25) is 10.1 Å². The second kappa shape index (κ2) is 7.20. The number of fused-ring (bicyclic) bond motifs is 1. The lowest BCUT2D eigenvalue weighted by atomic mass is 10.1. The van der Waals surface area contributed by atoms with E-state index >= 15 is 0 Å². The van der Waals surface area contributed by atoms with Crippen molar-refractivity contribution >= 4 is 55.8 Å². The van der Waals surface area contributed by atoms with Crippen LogP contribution in [0.1, 0.15) is 18.1 Å². The van der Waals surface area contributed by atoms with Crippen molar-refractivity contribution in [3.8, 4) is 5.75 Å². The predicted octanol–water partition coefficient (Wildman–Crippen LogP) is 5.63. The molecule has 0 aliphatic heterocycles. The molecule has 0 saturated carbocycles. The van der Waals surface area contributed by atoms with Crippen LogP contribution in [0.15, 0.2) is 30.3 Å². The molecule has 1 N–H and O–H groups in total. The third-order valence-electron chi connectivity index (χ3n) is 3.74. The molecule has 0 unspecified atom stereocenters. The van der Waals surface area contributed by atoms with E-state index in [0.717, 1.165) is 21.3 Å². The summed E-state index contributed by atoms with van der Waals surface area (Å²) in [5, 5.41) is 4.23. The van der Waals surface area contributed by atoms with Gasteiger partial charge in [-0.25, -0.2) is 4.98 Å². The Labute approximate surface area is 159 Å². The molecule has 0 spiro atoms. The lowest BCUT2D eigenvalue weighted by Gasteiger charge is -2.14. The van der Waals surface area contributed by atoms with Crippen LogP contribution in [0, 0.1) is 13.8 Å². The van der Waals surface area contributed by atoms with Crippen LogP contribution in [0.5, 0.6) is 5.75 Å². The van der Waals surface area contributed by atoms with Gasteiger partial charge in [0.2, 0.25) is 0 Å². The Morgan fingerprint density at radius 1 is 1.20 bits per heavy atom. The van der Waals surface area contributed by atoms with E-state index in [1.165, 1.54) is 11.3 Å². The van der Waals surface area contributed by atoms with Gasteiger partial charge in [0.15, 0.2) is 11.2 Å². The lowest BCUT2D eigenvalue weighted by molar-refractivity contribution is -0.122. The Morgan fingerprint density at radius 2 is 1.92 bits per heavy atom. The van der Waals surface area contributed by atoms with Gasteiger partial charge in [-0.2, -0.15) is 0 Å². The van der Waals surface area contributed by atoms with Gasteiger partial charge < -0.3 is 4.74 Å². The van der Waals surface area contributed by atoms with Crippen LogP contribution < -0.4 is 10.1 Å². The zero-order valence-corrected chi connectivity index (χ0v) is 16.2. The number of carbonyl (C=O) groups excluding carboxylic acids is 1. The van der Waals surface area contributed by atoms with Gasteiger partial charge in [0.25, 0.3) is 5.91 Å². The Hall–Kier alpha value is -1.82. The topological polar surface area (TPSA) is 51.2 Å². The van der Waals surface area contributed by atoms with Gasteiger partial charge in [0, 0.05) is 5.02 Å². The van der Waals surface area contributed by atoms with Gasteiger partial charge in [-0.15, -0.1) is 0 Å². The minimum Gasteiger partial charge on any atom is -0.479 e. The Bertz CT molecular complexity index is 917. The first kappa shape index (κ1) is 18.0. The molecule has 3 rings (SSSR count). The lowest BCUT2D eigenvalue weighted by Crippen LogP contribution is -2.30. The van der Waals surface area contributed by atoms with Crippen molar-refractivity contribution in [3.05, 3.63) is 51.5 Å². The van der Waals surface area contributed by atoms with Crippen molar-refractivity contribution in [2.45, 2.75) is 26.9 Å². The van der Waals surface area contributed by atoms with E-state index in [0.29, 0.717) is 20.9 Å². The average molecular weight is 395 g/mol. The number of hydrogen-bond donors (Lipinski definition) is 1. The van der Waals surface area contributed by atoms with Crippen LogP contribution in [0.3, 0.4) is 0 Å². The number of hydrogen-bond acceptors (Lipinski definition) is 4. The maximum atomic E-state index is 12.4. The van der Waals surface area contributed by atoms with Gasteiger partial charge in [0.1, 0.15) is 5.75 Å². The van der Waals surface area contributed by atoms with Crippen LogP contribution in [0.25, 0.3) is 10.2 Å². The number of amides is 1. The number of thiazole rings is 1.